The van der Waals surface area contributed by atoms with Gasteiger partial charge in [0.25, 0.3) is 16.7 Å². The molecule has 1 amide bonds. The monoisotopic (exact) mass is 433 g/mol. The van der Waals surface area contributed by atoms with Gasteiger partial charge in [-0.2, -0.15) is 0 Å². The number of aromatic amines is 2. The molecule has 9 heteroatoms. The predicted octanol–water partition coefficient (Wildman–Crippen LogP) is 1.75. The van der Waals surface area contributed by atoms with E-state index < -0.39 is 0 Å². The number of aromatic nitrogens is 4. The average Bonchev–Trinajstić information content (AvgIpc) is 2.78. The van der Waals surface area contributed by atoms with E-state index >= 15 is 0 Å². The minimum absolute atomic E-state index is 0.00415. The molecule has 0 unspecified atom stereocenters. The van der Waals surface area contributed by atoms with Gasteiger partial charge < -0.3 is 9.88 Å². The number of carbonyl (C=O) groups is 1. The fourth-order valence-corrected chi connectivity index (χ4v) is 3.68. The maximum absolute atomic E-state index is 13.0. The van der Waals surface area contributed by atoms with E-state index in [0.29, 0.717) is 27.5 Å². The van der Waals surface area contributed by atoms with Crippen LogP contribution in [-0.4, -0.2) is 36.6 Å². The zero-order chi connectivity index (χ0) is 22.8. The molecule has 2 heterocycles. The molecule has 0 bridgehead atoms. The first kappa shape index (κ1) is 21.2. The molecule has 32 heavy (non-hydrogen) atoms. The van der Waals surface area contributed by atoms with Gasteiger partial charge in [-0.25, -0.2) is 9.67 Å². The second kappa shape index (κ2) is 8.62. The van der Waals surface area contributed by atoms with E-state index in [1.54, 1.807) is 53.4 Å². The van der Waals surface area contributed by atoms with Crippen molar-refractivity contribution in [3.05, 3.63) is 85.4 Å². The van der Waals surface area contributed by atoms with Crippen molar-refractivity contribution in [3.8, 4) is 0 Å². The SMILES string of the molecule is CC(C)N(Cc1nc2ccccc2c(=O)[nH]1)C(=O)CCn1[nH]c(=O)c2ccccc2c1=O. The summed E-state index contributed by atoms with van der Waals surface area (Å²) >= 11 is 0. The zero-order valence-corrected chi connectivity index (χ0v) is 17.8. The van der Waals surface area contributed by atoms with Gasteiger partial charge in [0.15, 0.2) is 0 Å². The lowest BCUT2D eigenvalue weighted by Crippen LogP contribution is -2.39. The van der Waals surface area contributed by atoms with Gasteiger partial charge in [-0.05, 0) is 38.1 Å². The van der Waals surface area contributed by atoms with E-state index in [0.717, 1.165) is 4.68 Å². The highest BCUT2D eigenvalue weighted by atomic mass is 16.2. The van der Waals surface area contributed by atoms with Gasteiger partial charge in [0.05, 0.1) is 34.8 Å². The van der Waals surface area contributed by atoms with Crippen molar-refractivity contribution in [2.24, 2.45) is 0 Å². The molecule has 9 nitrogen and oxygen atoms in total. The van der Waals surface area contributed by atoms with Crippen LogP contribution in [0.25, 0.3) is 21.7 Å². The number of aryl methyl sites for hydroxylation is 1. The number of hydrogen-bond acceptors (Lipinski definition) is 5. The van der Waals surface area contributed by atoms with Crippen LogP contribution in [0, 0.1) is 0 Å². The Morgan fingerprint density at radius 2 is 1.62 bits per heavy atom. The van der Waals surface area contributed by atoms with Crippen LogP contribution in [0.3, 0.4) is 0 Å². The molecular formula is C23H23N5O4. The number of benzene rings is 2. The standard InChI is InChI=1S/C23H23N5O4/c1-14(2)27(13-19-24-18-10-6-5-9-17(18)21(30)25-19)20(29)11-12-28-23(32)16-8-4-3-7-15(16)22(31)26-28/h3-10,14H,11-13H2,1-2H3,(H,26,31)(H,24,25,30). The Balaban J connectivity index is 1.56. The Labute approximate surface area is 182 Å². The summed E-state index contributed by atoms with van der Waals surface area (Å²) in [5.41, 5.74) is -0.444. The van der Waals surface area contributed by atoms with Crippen molar-refractivity contribution in [2.45, 2.75) is 39.4 Å². The minimum atomic E-state index is -0.383. The molecule has 0 saturated heterocycles. The number of rotatable bonds is 6. The number of fused-ring (bicyclic) bond motifs is 2. The molecule has 4 aromatic rings. The van der Waals surface area contributed by atoms with Crippen LogP contribution in [0.15, 0.2) is 62.9 Å². The van der Waals surface area contributed by atoms with Crippen LogP contribution in [0.1, 0.15) is 26.1 Å². The molecule has 2 aromatic carbocycles. The van der Waals surface area contributed by atoms with E-state index in [1.165, 1.54) is 0 Å². The topological polar surface area (TPSA) is 121 Å². The van der Waals surface area contributed by atoms with E-state index in [1.807, 2.05) is 13.8 Å². The van der Waals surface area contributed by atoms with E-state index in [-0.39, 0.29) is 48.1 Å². The zero-order valence-electron chi connectivity index (χ0n) is 17.8. The summed E-state index contributed by atoms with van der Waals surface area (Å²) in [5.74, 6) is 0.156. The molecule has 0 aliphatic carbocycles. The van der Waals surface area contributed by atoms with Crippen molar-refractivity contribution in [3.63, 3.8) is 0 Å². The Hall–Kier alpha value is -4.01. The van der Waals surface area contributed by atoms with Crippen molar-refractivity contribution in [2.75, 3.05) is 0 Å². The summed E-state index contributed by atoms with van der Waals surface area (Å²) in [6, 6.07) is 13.4. The van der Waals surface area contributed by atoms with Crippen LogP contribution in [0.5, 0.6) is 0 Å². The number of H-pyrrole nitrogens is 2. The lowest BCUT2D eigenvalue weighted by atomic mass is 10.2. The van der Waals surface area contributed by atoms with Gasteiger partial charge in [0, 0.05) is 12.5 Å². The maximum Gasteiger partial charge on any atom is 0.273 e. The van der Waals surface area contributed by atoms with E-state index in [2.05, 4.69) is 15.1 Å². The third kappa shape index (κ3) is 4.09. The van der Waals surface area contributed by atoms with Gasteiger partial charge in [0.1, 0.15) is 5.82 Å². The molecule has 2 N–H and O–H groups in total. The smallest absolute Gasteiger partial charge is 0.273 e. The Morgan fingerprint density at radius 3 is 2.34 bits per heavy atom. The van der Waals surface area contributed by atoms with Crippen LogP contribution in [0.2, 0.25) is 0 Å². The van der Waals surface area contributed by atoms with Crippen LogP contribution < -0.4 is 16.7 Å². The van der Waals surface area contributed by atoms with E-state index in [4.69, 9.17) is 0 Å². The number of amides is 1. The lowest BCUT2D eigenvalue weighted by Gasteiger charge is -2.26. The molecule has 4 rings (SSSR count). The highest BCUT2D eigenvalue weighted by molar-refractivity contribution is 5.80. The maximum atomic E-state index is 13.0. The summed E-state index contributed by atoms with van der Waals surface area (Å²) in [4.78, 5) is 59.0. The third-order valence-electron chi connectivity index (χ3n) is 5.36. The Bertz CT molecular complexity index is 1480. The first-order chi connectivity index (χ1) is 15.3. The summed E-state index contributed by atoms with van der Waals surface area (Å²) < 4.78 is 1.16. The van der Waals surface area contributed by atoms with Gasteiger partial charge in [0.2, 0.25) is 5.91 Å². The fourth-order valence-electron chi connectivity index (χ4n) is 3.68. The molecule has 0 atom stereocenters. The summed E-state index contributed by atoms with van der Waals surface area (Å²) in [6.07, 6.45) is 0.00415. The van der Waals surface area contributed by atoms with Crippen LogP contribution in [0.4, 0.5) is 0 Å². The molecule has 0 radical (unpaired) electrons. The summed E-state index contributed by atoms with van der Waals surface area (Å²) in [5, 5.41) is 3.64. The van der Waals surface area contributed by atoms with Crippen LogP contribution >= 0.6 is 0 Å². The third-order valence-corrected chi connectivity index (χ3v) is 5.36. The molecule has 2 aromatic heterocycles. The number of carbonyl (C=O) groups excluding carboxylic acids is 1. The van der Waals surface area contributed by atoms with E-state index in [9.17, 15) is 19.2 Å². The Kier molecular flexibility index (Phi) is 5.72. The molecule has 164 valence electrons. The summed E-state index contributed by atoms with van der Waals surface area (Å²) in [7, 11) is 0. The highest BCUT2D eigenvalue weighted by Gasteiger charge is 2.19. The molecular weight excluding hydrogens is 410 g/mol. The molecule has 0 spiro atoms. The minimum Gasteiger partial charge on any atom is -0.333 e. The number of para-hydroxylation sites is 1. The van der Waals surface area contributed by atoms with Gasteiger partial charge in [-0.15, -0.1) is 0 Å². The highest BCUT2D eigenvalue weighted by Crippen LogP contribution is 2.11. The first-order valence-corrected chi connectivity index (χ1v) is 10.3. The van der Waals surface area contributed by atoms with Gasteiger partial charge in [-0.1, -0.05) is 24.3 Å². The second-order valence-electron chi connectivity index (χ2n) is 7.84. The number of nitrogens with one attached hydrogen (secondary N) is 2. The largest absolute Gasteiger partial charge is 0.333 e. The van der Waals surface area contributed by atoms with Crippen molar-refractivity contribution in [1.29, 1.82) is 0 Å². The average molecular weight is 433 g/mol. The van der Waals surface area contributed by atoms with Crippen molar-refractivity contribution in [1.82, 2.24) is 24.6 Å². The number of hydrogen-bond donors (Lipinski definition) is 2. The first-order valence-electron chi connectivity index (χ1n) is 10.3. The second-order valence-corrected chi connectivity index (χ2v) is 7.84. The quantitative estimate of drug-likeness (QED) is 0.480. The normalized spacial score (nSPS) is 11.3. The molecule has 0 saturated carbocycles. The van der Waals surface area contributed by atoms with Gasteiger partial charge in [-0.3, -0.25) is 24.3 Å². The lowest BCUT2D eigenvalue weighted by molar-refractivity contribution is -0.134. The molecule has 0 fully saturated rings. The number of nitrogens with zero attached hydrogens (tertiary/aromatic N) is 3. The molecule has 0 aliphatic rings. The summed E-state index contributed by atoms with van der Waals surface area (Å²) in [6.45, 7) is 3.88. The molecule has 0 aliphatic heterocycles. The van der Waals surface area contributed by atoms with Crippen molar-refractivity contribution >= 4 is 27.6 Å². The Morgan fingerprint density at radius 1 is 0.969 bits per heavy atom. The van der Waals surface area contributed by atoms with Crippen LogP contribution in [-0.2, 0) is 17.9 Å². The predicted molar refractivity (Wildman–Crippen MR) is 121 cm³/mol. The van der Waals surface area contributed by atoms with Crippen molar-refractivity contribution < 1.29 is 4.79 Å². The fraction of sp³-hybridized carbons (Fsp3) is 0.261. The van der Waals surface area contributed by atoms with Gasteiger partial charge >= 0.3 is 0 Å².